The quantitative estimate of drug-likeness (QED) is 0.432. The van der Waals surface area contributed by atoms with Crippen molar-refractivity contribution in [1.29, 1.82) is 0 Å². The van der Waals surface area contributed by atoms with E-state index in [1.165, 1.54) is 44.4 Å². The molecule has 0 radical (unpaired) electrons. The second kappa shape index (κ2) is 7.70. The molecule has 4 saturated carbocycles. The van der Waals surface area contributed by atoms with Gasteiger partial charge >= 0.3 is 12.0 Å². The summed E-state index contributed by atoms with van der Waals surface area (Å²) in [5.74, 6) is 0.380. The summed E-state index contributed by atoms with van der Waals surface area (Å²) in [5.41, 5.74) is -0.262. The zero-order chi connectivity index (χ0) is 21.5. The molecule has 9 nitrogen and oxygen atoms in total. The number of benzene rings is 1. The molecule has 160 valence electrons. The number of carbonyl (C=O) groups excluding carboxylic acids is 3. The minimum atomic E-state index is -0.854. The lowest BCUT2D eigenvalue weighted by atomic mass is 9.53. The maximum Gasteiger partial charge on any atom is 0.339 e. The maximum absolute atomic E-state index is 12.4. The van der Waals surface area contributed by atoms with Gasteiger partial charge in [-0.3, -0.25) is 20.2 Å². The summed E-state index contributed by atoms with van der Waals surface area (Å²) in [6.07, 6.45) is 6.61. The number of nitro groups is 1. The lowest BCUT2D eigenvalue weighted by Gasteiger charge is -2.56. The van der Waals surface area contributed by atoms with Gasteiger partial charge in [0.05, 0.1) is 10.5 Å². The van der Waals surface area contributed by atoms with Crippen molar-refractivity contribution in [3.63, 3.8) is 0 Å². The summed E-state index contributed by atoms with van der Waals surface area (Å²) in [5, 5.41) is 16.2. The smallest absolute Gasteiger partial charge is 0.339 e. The first-order valence-electron chi connectivity index (χ1n) is 10.3. The number of amides is 3. The lowest BCUT2D eigenvalue weighted by Crippen LogP contribution is -2.62. The van der Waals surface area contributed by atoms with Crippen LogP contribution in [0.3, 0.4) is 0 Å². The van der Waals surface area contributed by atoms with Crippen LogP contribution in [-0.4, -0.2) is 35.0 Å². The Bertz CT molecular complexity index is 877. The minimum absolute atomic E-state index is 0.00928. The van der Waals surface area contributed by atoms with Crippen LogP contribution in [0.15, 0.2) is 18.2 Å². The van der Waals surface area contributed by atoms with E-state index in [0.29, 0.717) is 17.8 Å². The van der Waals surface area contributed by atoms with Crippen molar-refractivity contribution in [2.75, 3.05) is 6.61 Å². The first kappa shape index (κ1) is 20.3. The molecule has 0 heterocycles. The molecule has 2 N–H and O–H groups in total. The molecule has 4 aliphatic rings. The van der Waals surface area contributed by atoms with E-state index in [1.807, 2.05) is 0 Å². The summed E-state index contributed by atoms with van der Waals surface area (Å²) in [6, 6.07) is 3.49. The number of hydrogen-bond acceptors (Lipinski definition) is 6. The van der Waals surface area contributed by atoms with Crippen LogP contribution in [0, 0.1) is 34.8 Å². The van der Waals surface area contributed by atoms with Crippen molar-refractivity contribution in [3.05, 3.63) is 39.4 Å². The Morgan fingerprint density at radius 3 is 2.30 bits per heavy atom. The molecule has 0 spiro atoms. The molecule has 4 aliphatic carbocycles. The number of imide groups is 1. The lowest BCUT2D eigenvalue weighted by molar-refractivity contribution is -0.385. The van der Waals surface area contributed by atoms with Crippen molar-refractivity contribution in [1.82, 2.24) is 10.6 Å². The molecule has 30 heavy (non-hydrogen) atoms. The van der Waals surface area contributed by atoms with Crippen LogP contribution >= 0.6 is 0 Å². The van der Waals surface area contributed by atoms with Crippen molar-refractivity contribution in [2.45, 2.75) is 51.0 Å². The largest absolute Gasteiger partial charge is 0.452 e. The maximum atomic E-state index is 12.4. The SMILES string of the molecule is Cc1c(C(=O)OCC(=O)NC(=O)NC23CC4CC(CC(C4)C2)C3)cccc1[N+](=O)[O-]. The third kappa shape index (κ3) is 4.01. The molecule has 4 fully saturated rings. The Balaban J connectivity index is 1.29. The molecule has 0 aromatic heterocycles. The van der Waals surface area contributed by atoms with Gasteiger partial charge in [0.25, 0.3) is 11.6 Å². The molecule has 1 aromatic carbocycles. The number of carbonyl (C=O) groups is 3. The van der Waals surface area contributed by atoms with Crippen LogP contribution in [0.4, 0.5) is 10.5 Å². The Morgan fingerprint density at radius 1 is 1.13 bits per heavy atom. The summed E-state index contributed by atoms with van der Waals surface area (Å²) < 4.78 is 4.95. The molecule has 5 rings (SSSR count). The van der Waals surface area contributed by atoms with Gasteiger partial charge in [-0.2, -0.15) is 0 Å². The van der Waals surface area contributed by atoms with Gasteiger partial charge in [0.2, 0.25) is 0 Å². The number of nitrogens with one attached hydrogen (secondary N) is 2. The standard InChI is InChI=1S/C21H25N3O6/c1-12-16(3-2-4-17(12)24(28)29)19(26)30-11-18(25)22-20(27)23-21-8-13-5-14(9-21)7-15(6-13)10-21/h2-4,13-15H,5-11H2,1H3,(H2,22,23,25,27). The molecule has 3 amide bonds. The highest BCUT2D eigenvalue weighted by molar-refractivity contribution is 5.97. The molecule has 9 heteroatoms. The monoisotopic (exact) mass is 415 g/mol. The Labute approximate surface area is 173 Å². The topological polar surface area (TPSA) is 128 Å². The van der Waals surface area contributed by atoms with Gasteiger partial charge in [-0.1, -0.05) is 6.07 Å². The highest BCUT2D eigenvalue weighted by atomic mass is 16.6. The van der Waals surface area contributed by atoms with E-state index in [9.17, 15) is 24.5 Å². The fraction of sp³-hybridized carbons (Fsp3) is 0.571. The van der Waals surface area contributed by atoms with E-state index in [4.69, 9.17) is 4.74 Å². The predicted molar refractivity (Wildman–Crippen MR) is 106 cm³/mol. The fourth-order valence-electron chi connectivity index (χ4n) is 5.95. The molecule has 0 atom stereocenters. The van der Waals surface area contributed by atoms with Crippen molar-refractivity contribution in [2.24, 2.45) is 17.8 Å². The zero-order valence-corrected chi connectivity index (χ0v) is 16.8. The van der Waals surface area contributed by atoms with Gasteiger partial charge < -0.3 is 10.1 Å². The van der Waals surface area contributed by atoms with E-state index in [-0.39, 0.29) is 22.4 Å². The molecule has 1 aromatic rings. The minimum Gasteiger partial charge on any atom is -0.452 e. The Morgan fingerprint density at radius 2 is 1.73 bits per heavy atom. The summed E-state index contributed by atoms with van der Waals surface area (Å²) >= 11 is 0. The Hall–Kier alpha value is -2.97. The summed E-state index contributed by atoms with van der Waals surface area (Å²) in [7, 11) is 0. The first-order chi connectivity index (χ1) is 14.2. The number of nitro benzene ring substituents is 1. The fourth-order valence-corrected chi connectivity index (χ4v) is 5.95. The third-order valence-corrected chi connectivity index (χ3v) is 6.73. The van der Waals surface area contributed by atoms with Crippen molar-refractivity contribution < 1.29 is 24.0 Å². The van der Waals surface area contributed by atoms with Gasteiger partial charge in [-0.15, -0.1) is 0 Å². The Kier molecular flexibility index (Phi) is 5.21. The van der Waals surface area contributed by atoms with Crippen LogP contribution in [-0.2, 0) is 9.53 Å². The van der Waals surface area contributed by atoms with Crippen LogP contribution in [0.5, 0.6) is 0 Å². The van der Waals surface area contributed by atoms with E-state index in [0.717, 1.165) is 19.3 Å². The number of hydrogen-bond donors (Lipinski definition) is 2. The van der Waals surface area contributed by atoms with Gasteiger partial charge in [0.15, 0.2) is 6.61 Å². The normalized spacial score (nSPS) is 28.6. The highest BCUT2D eigenvalue weighted by Crippen LogP contribution is 2.55. The predicted octanol–water partition coefficient (Wildman–Crippen LogP) is 2.85. The van der Waals surface area contributed by atoms with Gasteiger partial charge in [0, 0.05) is 17.2 Å². The summed E-state index contributed by atoms with van der Waals surface area (Å²) in [6.45, 7) is 0.795. The van der Waals surface area contributed by atoms with Crippen molar-refractivity contribution in [3.8, 4) is 0 Å². The van der Waals surface area contributed by atoms with Crippen molar-refractivity contribution >= 4 is 23.6 Å². The molecule has 0 unspecified atom stereocenters. The second-order valence-corrected chi connectivity index (χ2v) is 8.98. The van der Waals surface area contributed by atoms with E-state index in [2.05, 4.69) is 10.6 Å². The average Bonchev–Trinajstić information content (AvgIpc) is 2.64. The molecule has 4 bridgehead atoms. The number of rotatable bonds is 5. The molecule has 0 saturated heterocycles. The molecular weight excluding hydrogens is 390 g/mol. The van der Waals surface area contributed by atoms with Gasteiger partial charge in [0.1, 0.15) is 0 Å². The van der Waals surface area contributed by atoms with E-state index >= 15 is 0 Å². The van der Waals surface area contributed by atoms with Gasteiger partial charge in [-0.05, 0) is 69.3 Å². The van der Waals surface area contributed by atoms with Gasteiger partial charge in [-0.25, -0.2) is 9.59 Å². The number of ether oxygens (including phenoxy) is 1. The van der Waals surface area contributed by atoms with Crippen LogP contribution < -0.4 is 10.6 Å². The van der Waals surface area contributed by atoms with Crippen LogP contribution in [0.2, 0.25) is 0 Å². The molecular formula is C21H25N3O6. The number of esters is 1. The second-order valence-electron chi connectivity index (χ2n) is 8.98. The number of nitrogens with zero attached hydrogens (tertiary/aromatic N) is 1. The summed E-state index contributed by atoms with van der Waals surface area (Å²) in [4.78, 5) is 47.1. The van der Waals surface area contributed by atoms with E-state index in [1.54, 1.807) is 0 Å². The molecule has 0 aliphatic heterocycles. The number of urea groups is 1. The van der Waals surface area contributed by atoms with E-state index < -0.39 is 29.4 Å². The first-order valence-corrected chi connectivity index (χ1v) is 10.3. The van der Waals surface area contributed by atoms with Crippen LogP contribution in [0.1, 0.15) is 54.4 Å². The average molecular weight is 415 g/mol. The zero-order valence-electron chi connectivity index (χ0n) is 16.8. The van der Waals surface area contributed by atoms with Crippen LogP contribution in [0.25, 0.3) is 0 Å². The third-order valence-electron chi connectivity index (χ3n) is 6.73. The highest BCUT2D eigenvalue weighted by Gasteiger charge is 2.51.